The minimum Gasteiger partial charge on any atom is -0.450 e. The highest BCUT2D eigenvalue weighted by molar-refractivity contribution is 7.91. The first-order valence-electron chi connectivity index (χ1n) is 17.2. The predicted molar refractivity (Wildman–Crippen MR) is 177 cm³/mol. The molecule has 5 aliphatic rings. The van der Waals surface area contributed by atoms with Crippen LogP contribution in [0.1, 0.15) is 82.4 Å². The predicted octanol–water partition coefficient (Wildman–Crippen LogP) is 2.56. The van der Waals surface area contributed by atoms with Crippen LogP contribution in [0.15, 0.2) is 24.3 Å². The van der Waals surface area contributed by atoms with E-state index in [1.807, 2.05) is 37.3 Å². The van der Waals surface area contributed by atoms with E-state index in [4.69, 9.17) is 9.47 Å². The Hall–Kier alpha value is -4.14. The number of cyclic esters (lactones) is 1. The second-order valence-electron chi connectivity index (χ2n) is 14.1. The first-order chi connectivity index (χ1) is 23.3. The van der Waals surface area contributed by atoms with Crippen LogP contribution in [0.5, 0.6) is 0 Å². The number of hydrogen-bond acceptors (Lipinski definition) is 9. The number of nitrogens with one attached hydrogen (secondary N) is 3. The molecule has 3 aliphatic heterocycles. The summed E-state index contributed by atoms with van der Waals surface area (Å²) in [6.45, 7) is 6.05. The minimum atomic E-state index is -3.86. The van der Waals surface area contributed by atoms with Gasteiger partial charge in [-0.25, -0.2) is 18.0 Å². The highest BCUT2D eigenvalue weighted by Gasteiger charge is 2.62. The fourth-order valence-electron chi connectivity index (χ4n) is 7.06. The first kappa shape index (κ1) is 34.7. The summed E-state index contributed by atoms with van der Waals surface area (Å²) in [5.41, 5.74) is 1.53. The lowest BCUT2D eigenvalue weighted by Gasteiger charge is -2.31. The Morgan fingerprint density at radius 3 is 2.61 bits per heavy atom. The summed E-state index contributed by atoms with van der Waals surface area (Å²) in [5.74, 6) is -2.72. The maximum Gasteiger partial charge on any atom is 0.410 e. The highest BCUT2D eigenvalue weighted by atomic mass is 32.2. The molecule has 15 heteroatoms. The molecule has 5 atom stereocenters. The van der Waals surface area contributed by atoms with Gasteiger partial charge in [-0.05, 0) is 60.6 Å². The van der Waals surface area contributed by atoms with E-state index < -0.39 is 74.8 Å². The molecule has 4 bridgehead atoms. The van der Waals surface area contributed by atoms with Gasteiger partial charge < -0.3 is 25.0 Å². The van der Waals surface area contributed by atoms with Crippen molar-refractivity contribution in [3.8, 4) is 0 Å². The quantitative estimate of drug-likeness (QED) is 0.386. The number of fused-ring (bicyclic) bond motifs is 3. The maximum atomic E-state index is 14.1. The van der Waals surface area contributed by atoms with Crippen molar-refractivity contribution in [1.82, 2.24) is 25.2 Å². The second kappa shape index (κ2) is 13.6. The van der Waals surface area contributed by atoms with E-state index in [1.54, 1.807) is 18.7 Å². The van der Waals surface area contributed by atoms with E-state index in [1.165, 1.54) is 4.90 Å². The van der Waals surface area contributed by atoms with Crippen LogP contribution in [-0.4, -0.2) is 90.3 Å². The Balaban J connectivity index is 1.25. The zero-order chi connectivity index (χ0) is 35.1. The number of nitrogens with zero attached hydrogens (tertiary/aromatic N) is 2. The molecule has 0 spiro atoms. The number of hydrogen-bond donors (Lipinski definition) is 3. The van der Waals surface area contributed by atoms with Gasteiger partial charge in [0.1, 0.15) is 23.7 Å². The highest BCUT2D eigenvalue weighted by Crippen LogP contribution is 2.47. The zero-order valence-electron chi connectivity index (χ0n) is 28.1. The molecule has 3 N–H and O–H groups in total. The number of ether oxygens (including phenoxy) is 2. The molecule has 49 heavy (non-hydrogen) atoms. The SMILES string of the molecule is CC[C@@H]1C[C@]1(NC(=O)[C@@H]1C[C@@H]2CN1C(=O)[C@H](C(C)C)NC(=O)OCCC/C=C/c1cccc3c1CN(C3)C(=O)O2)C(=O)NS(=O)(=O)C1CC1. The van der Waals surface area contributed by atoms with Gasteiger partial charge in [0.05, 0.1) is 24.9 Å². The number of carbonyl (C=O) groups excluding carboxylic acids is 5. The van der Waals surface area contributed by atoms with Gasteiger partial charge in [0.2, 0.25) is 21.8 Å². The Labute approximate surface area is 286 Å². The Morgan fingerprint density at radius 2 is 1.92 bits per heavy atom. The van der Waals surface area contributed by atoms with Gasteiger partial charge >= 0.3 is 12.2 Å². The van der Waals surface area contributed by atoms with Crippen LogP contribution in [0.25, 0.3) is 6.08 Å². The van der Waals surface area contributed by atoms with Gasteiger partial charge in [-0.2, -0.15) is 0 Å². The van der Waals surface area contributed by atoms with Crippen molar-refractivity contribution in [2.45, 2.75) is 108 Å². The minimum absolute atomic E-state index is 0.0534. The van der Waals surface area contributed by atoms with Crippen molar-refractivity contribution >= 4 is 46.0 Å². The fraction of sp³-hybridized carbons (Fsp3) is 0.618. The van der Waals surface area contributed by atoms with Gasteiger partial charge in [-0.1, -0.05) is 57.5 Å². The molecule has 14 nitrogen and oxygen atoms in total. The van der Waals surface area contributed by atoms with Crippen molar-refractivity contribution in [3.63, 3.8) is 0 Å². The fourth-order valence-corrected chi connectivity index (χ4v) is 8.42. The number of allylic oxidation sites excluding steroid dienone is 1. The molecule has 0 aromatic heterocycles. The molecule has 0 radical (unpaired) electrons. The molecule has 1 aromatic rings. The molecule has 2 saturated carbocycles. The summed E-state index contributed by atoms with van der Waals surface area (Å²) in [5, 5.41) is 4.82. The van der Waals surface area contributed by atoms with Crippen LogP contribution in [0, 0.1) is 11.8 Å². The summed E-state index contributed by atoms with van der Waals surface area (Å²) < 4.78 is 38.7. The van der Waals surface area contributed by atoms with E-state index in [-0.39, 0.29) is 31.9 Å². The van der Waals surface area contributed by atoms with Crippen molar-refractivity contribution in [1.29, 1.82) is 0 Å². The summed E-state index contributed by atoms with van der Waals surface area (Å²) in [7, 11) is -3.86. The third-order valence-electron chi connectivity index (χ3n) is 10.2. The van der Waals surface area contributed by atoms with Crippen LogP contribution in [0.2, 0.25) is 0 Å². The number of alkyl carbamates (subject to hydrolysis) is 1. The third-order valence-corrected chi connectivity index (χ3v) is 12.0. The topological polar surface area (TPSA) is 181 Å². The lowest BCUT2D eigenvalue weighted by molar-refractivity contribution is -0.141. The monoisotopic (exact) mass is 699 g/mol. The van der Waals surface area contributed by atoms with Crippen LogP contribution < -0.4 is 15.4 Å². The largest absolute Gasteiger partial charge is 0.450 e. The van der Waals surface area contributed by atoms with E-state index in [2.05, 4.69) is 15.4 Å². The smallest absolute Gasteiger partial charge is 0.410 e. The summed E-state index contributed by atoms with van der Waals surface area (Å²) in [6, 6.07) is 3.65. The molecule has 3 heterocycles. The van der Waals surface area contributed by atoms with Gasteiger partial charge in [0, 0.05) is 13.0 Å². The van der Waals surface area contributed by atoms with E-state index in [0.717, 1.165) is 16.7 Å². The van der Waals surface area contributed by atoms with Crippen molar-refractivity contribution in [2.24, 2.45) is 11.8 Å². The van der Waals surface area contributed by atoms with Crippen molar-refractivity contribution in [3.05, 3.63) is 41.0 Å². The zero-order valence-corrected chi connectivity index (χ0v) is 28.9. The molecule has 2 aliphatic carbocycles. The number of carbonyl (C=O) groups is 5. The van der Waals surface area contributed by atoms with E-state index >= 15 is 0 Å². The Kier molecular flexibility index (Phi) is 9.66. The summed E-state index contributed by atoms with van der Waals surface area (Å²) >= 11 is 0. The van der Waals surface area contributed by atoms with Crippen LogP contribution >= 0.6 is 0 Å². The number of rotatable bonds is 7. The maximum absolute atomic E-state index is 14.1. The van der Waals surface area contributed by atoms with Crippen molar-refractivity contribution in [2.75, 3.05) is 13.2 Å². The van der Waals surface area contributed by atoms with Crippen molar-refractivity contribution < 1.29 is 41.9 Å². The number of amides is 5. The Bertz CT molecular complexity index is 1660. The standard InChI is InChI=1S/C34H45N5O9S/c1-4-23-16-34(23,31(42)37-49(45,46)25-12-13-25)36-29(40)27-15-24-18-39(27)30(41)28(20(2)3)35-32(43)47-14-7-5-6-9-21-10-8-11-22-17-38(19-26(21)22)33(44)48-24/h6,8-11,20,23-25,27-28H,4-5,7,12-19H2,1-3H3,(H,35,43)(H,36,40)(H,37,42)/b9-6+/t23-,24-,27+,28+,34-/m1/s1. The second-order valence-corrected chi connectivity index (χ2v) is 16.0. The van der Waals surface area contributed by atoms with Gasteiger partial charge in [0.25, 0.3) is 5.91 Å². The third kappa shape index (κ3) is 7.26. The van der Waals surface area contributed by atoms with Crippen LogP contribution in [-0.2, 0) is 47.0 Å². The average Bonchev–Trinajstić information content (AvgIpc) is 3.95. The van der Waals surface area contributed by atoms with Gasteiger partial charge in [-0.3, -0.25) is 24.0 Å². The molecule has 3 fully saturated rings. The molecular formula is C34H45N5O9S. The average molecular weight is 700 g/mol. The first-order valence-corrected chi connectivity index (χ1v) is 18.7. The molecule has 266 valence electrons. The number of sulfonamides is 1. The molecule has 0 unspecified atom stereocenters. The molecule has 6 rings (SSSR count). The van der Waals surface area contributed by atoms with Gasteiger partial charge in [0.15, 0.2) is 0 Å². The van der Waals surface area contributed by atoms with E-state index in [9.17, 15) is 32.4 Å². The molecule has 1 aromatic carbocycles. The number of benzene rings is 1. The molecule has 1 saturated heterocycles. The summed E-state index contributed by atoms with van der Waals surface area (Å²) in [4.78, 5) is 70.7. The van der Waals surface area contributed by atoms with E-state index in [0.29, 0.717) is 45.2 Å². The van der Waals surface area contributed by atoms with Crippen LogP contribution in [0.3, 0.4) is 0 Å². The normalized spacial score (nSPS) is 29.6. The molecular weight excluding hydrogens is 654 g/mol. The molecule has 5 amide bonds. The Morgan fingerprint density at radius 1 is 1.14 bits per heavy atom. The lowest BCUT2D eigenvalue weighted by atomic mass is 10.0. The lowest BCUT2D eigenvalue weighted by Crippen LogP contribution is -2.59. The summed E-state index contributed by atoms with van der Waals surface area (Å²) in [6.07, 6.45) is 4.62. The van der Waals surface area contributed by atoms with Gasteiger partial charge in [-0.15, -0.1) is 0 Å². The van der Waals surface area contributed by atoms with Crippen LogP contribution in [0.4, 0.5) is 9.59 Å².